The SMILES string of the molecule is CC(C)(C)[Si](C)(C)O[C@@H]1C[C@@H]([C@@H]2CCN(Cc3ccccc3)O2)N(Cc2ccccc2)C1. The number of hydrogen-bond acceptors (Lipinski definition) is 4. The quantitative estimate of drug-likeness (QED) is 0.492. The van der Waals surface area contributed by atoms with Gasteiger partial charge in [-0.05, 0) is 42.1 Å². The molecule has 5 heteroatoms. The zero-order valence-electron chi connectivity index (χ0n) is 20.5. The van der Waals surface area contributed by atoms with Crippen molar-refractivity contribution < 1.29 is 9.26 Å². The van der Waals surface area contributed by atoms with Crippen molar-refractivity contribution in [3.63, 3.8) is 0 Å². The Morgan fingerprint density at radius 1 is 0.938 bits per heavy atom. The highest BCUT2D eigenvalue weighted by atomic mass is 28.4. The minimum atomic E-state index is -1.80. The zero-order chi connectivity index (χ0) is 22.8. The standard InChI is InChI=1S/C27H40N2O2Si/c1-27(2,3)32(4,5)31-24-18-25(28(21-24)19-22-12-8-6-9-13-22)26-16-17-29(30-26)20-23-14-10-7-11-15-23/h6-15,24-26H,16-21H2,1-5H3/t24-,25+,26+/m1/s1. The van der Waals surface area contributed by atoms with Gasteiger partial charge < -0.3 is 4.43 Å². The molecule has 4 nitrogen and oxygen atoms in total. The maximum Gasteiger partial charge on any atom is 0.192 e. The van der Waals surface area contributed by atoms with E-state index in [1.807, 2.05) is 0 Å². The maximum atomic E-state index is 6.87. The van der Waals surface area contributed by atoms with Gasteiger partial charge in [0.1, 0.15) is 0 Å². The first-order valence-electron chi connectivity index (χ1n) is 12.1. The Kier molecular flexibility index (Phi) is 7.23. The molecule has 2 aromatic rings. The van der Waals surface area contributed by atoms with Crippen LogP contribution in [0.3, 0.4) is 0 Å². The first-order valence-corrected chi connectivity index (χ1v) is 15.0. The second-order valence-electron chi connectivity index (χ2n) is 11.0. The second-order valence-corrected chi connectivity index (χ2v) is 15.8. The van der Waals surface area contributed by atoms with E-state index in [-0.39, 0.29) is 17.2 Å². The number of hydrogen-bond donors (Lipinski definition) is 0. The van der Waals surface area contributed by atoms with Crippen molar-refractivity contribution in [1.29, 1.82) is 0 Å². The molecule has 2 saturated heterocycles. The van der Waals surface area contributed by atoms with Gasteiger partial charge in [-0.15, -0.1) is 0 Å². The Bertz CT molecular complexity index is 853. The molecule has 2 heterocycles. The van der Waals surface area contributed by atoms with Crippen LogP contribution in [0.4, 0.5) is 0 Å². The summed E-state index contributed by atoms with van der Waals surface area (Å²) in [7, 11) is -1.80. The molecule has 2 aliphatic heterocycles. The second kappa shape index (κ2) is 9.78. The molecule has 32 heavy (non-hydrogen) atoms. The Morgan fingerprint density at radius 3 is 2.12 bits per heavy atom. The van der Waals surface area contributed by atoms with Gasteiger partial charge in [0.25, 0.3) is 0 Å². The van der Waals surface area contributed by atoms with Gasteiger partial charge >= 0.3 is 0 Å². The summed E-state index contributed by atoms with van der Waals surface area (Å²) in [6.07, 6.45) is 2.66. The Morgan fingerprint density at radius 2 is 1.53 bits per heavy atom. The molecule has 0 aromatic heterocycles. The van der Waals surface area contributed by atoms with Crippen LogP contribution in [0, 0.1) is 0 Å². The van der Waals surface area contributed by atoms with Gasteiger partial charge in [-0.1, -0.05) is 81.4 Å². The summed E-state index contributed by atoms with van der Waals surface area (Å²) in [6, 6.07) is 21.9. The van der Waals surface area contributed by atoms with Crippen molar-refractivity contribution in [2.75, 3.05) is 13.1 Å². The van der Waals surface area contributed by atoms with Crippen LogP contribution < -0.4 is 0 Å². The molecule has 4 rings (SSSR count). The van der Waals surface area contributed by atoms with Gasteiger partial charge in [0, 0.05) is 32.2 Å². The van der Waals surface area contributed by atoms with Crippen LogP contribution in [-0.4, -0.2) is 49.6 Å². The predicted octanol–water partition coefficient (Wildman–Crippen LogP) is 5.86. The van der Waals surface area contributed by atoms with Crippen LogP contribution >= 0.6 is 0 Å². The van der Waals surface area contributed by atoms with Crippen molar-refractivity contribution in [1.82, 2.24) is 9.96 Å². The Balaban J connectivity index is 1.45. The van der Waals surface area contributed by atoms with E-state index in [1.165, 1.54) is 11.1 Å². The van der Waals surface area contributed by atoms with Gasteiger partial charge in [0.15, 0.2) is 8.32 Å². The fraction of sp³-hybridized carbons (Fsp3) is 0.556. The molecule has 2 aliphatic rings. The smallest absolute Gasteiger partial charge is 0.192 e. The van der Waals surface area contributed by atoms with Gasteiger partial charge in [-0.3, -0.25) is 9.74 Å². The number of rotatable bonds is 7. The average molecular weight is 453 g/mol. The summed E-state index contributed by atoms with van der Waals surface area (Å²) in [5, 5.41) is 2.38. The average Bonchev–Trinajstić information content (AvgIpc) is 3.35. The number of benzene rings is 2. The topological polar surface area (TPSA) is 24.9 Å². The molecule has 0 amide bonds. The molecule has 0 N–H and O–H groups in total. The van der Waals surface area contributed by atoms with E-state index in [0.717, 1.165) is 39.0 Å². The van der Waals surface area contributed by atoms with E-state index >= 15 is 0 Å². The first kappa shape index (κ1) is 23.6. The van der Waals surface area contributed by atoms with Gasteiger partial charge in [0.2, 0.25) is 0 Å². The third kappa shape index (κ3) is 5.70. The lowest BCUT2D eigenvalue weighted by Crippen LogP contribution is -2.44. The molecule has 0 bridgehead atoms. The van der Waals surface area contributed by atoms with Gasteiger partial charge in [-0.2, -0.15) is 5.06 Å². The molecular formula is C27H40N2O2Si. The van der Waals surface area contributed by atoms with Crippen LogP contribution in [0.2, 0.25) is 18.1 Å². The minimum Gasteiger partial charge on any atom is -0.413 e. The highest BCUT2D eigenvalue weighted by Crippen LogP contribution is 2.40. The molecule has 0 radical (unpaired) electrons. The summed E-state index contributed by atoms with van der Waals surface area (Å²) in [4.78, 5) is 9.13. The van der Waals surface area contributed by atoms with E-state index in [2.05, 4.69) is 104 Å². The monoisotopic (exact) mass is 452 g/mol. The van der Waals surface area contributed by atoms with E-state index in [0.29, 0.717) is 6.04 Å². The van der Waals surface area contributed by atoms with Crippen molar-refractivity contribution in [3.05, 3.63) is 71.8 Å². The van der Waals surface area contributed by atoms with Gasteiger partial charge in [-0.25, -0.2) is 0 Å². The molecule has 2 aromatic carbocycles. The highest BCUT2D eigenvalue weighted by Gasteiger charge is 2.45. The van der Waals surface area contributed by atoms with Crippen molar-refractivity contribution in [2.45, 2.75) is 83.1 Å². The lowest BCUT2D eigenvalue weighted by Gasteiger charge is -2.38. The summed E-state index contributed by atoms with van der Waals surface area (Å²) < 4.78 is 6.87. The van der Waals surface area contributed by atoms with Crippen LogP contribution in [0.15, 0.2) is 60.7 Å². The molecule has 0 aliphatic carbocycles. The number of likely N-dealkylation sites (tertiary alicyclic amines) is 1. The lowest BCUT2D eigenvalue weighted by atomic mass is 10.0. The zero-order valence-corrected chi connectivity index (χ0v) is 21.5. The molecule has 2 fully saturated rings. The summed E-state index contributed by atoms with van der Waals surface area (Å²) >= 11 is 0. The van der Waals surface area contributed by atoms with Crippen LogP contribution in [0.1, 0.15) is 44.7 Å². The fourth-order valence-corrected chi connectivity index (χ4v) is 6.05. The molecule has 0 spiro atoms. The van der Waals surface area contributed by atoms with E-state index in [9.17, 15) is 0 Å². The van der Waals surface area contributed by atoms with Crippen molar-refractivity contribution in [3.8, 4) is 0 Å². The van der Waals surface area contributed by atoms with E-state index < -0.39 is 8.32 Å². The third-order valence-electron chi connectivity index (χ3n) is 7.49. The number of nitrogens with zero attached hydrogens (tertiary/aromatic N) is 2. The Labute approximate surface area is 195 Å². The molecular weight excluding hydrogens is 412 g/mol. The predicted molar refractivity (Wildman–Crippen MR) is 134 cm³/mol. The lowest BCUT2D eigenvalue weighted by molar-refractivity contribution is -0.167. The maximum absolute atomic E-state index is 6.87. The van der Waals surface area contributed by atoms with E-state index in [4.69, 9.17) is 9.26 Å². The van der Waals surface area contributed by atoms with E-state index in [1.54, 1.807) is 0 Å². The van der Waals surface area contributed by atoms with Gasteiger partial charge in [0.05, 0.1) is 12.2 Å². The number of hydroxylamine groups is 2. The summed E-state index contributed by atoms with van der Waals surface area (Å²) in [5.41, 5.74) is 2.67. The molecule has 0 unspecified atom stereocenters. The van der Waals surface area contributed by atoms with Crippen molar-refractivity contribution >= 4 is 8.32 Å². The fourth-order valence-electron chi connectivity index (χ4n) is 4.69. The molecule has 0 saturated carbocycles. The van der Waals surface area contributed by atoms with Crippen molar-refractivity contribution in [2.24, 2.45) is 0 Å². The van der Waals surface area contributed by atoms with Crippen LogP contribution in [-0.2, 0) is 22.4 Å². The Hall–Kier alpha value is -1.50. The summed E-state index contributed by atoms with van der Waals surface area (Å²) in [6.45, 7) is 15.5. The first-order chi connectivity index (χ1) is 15.2. The largest absolute Gasteiger partial charge is 0.413 e. The molecule has 3 atom stereocenters. The van der Waals surface area contributed by atoms with Crippen LogP contribution in [0.5, 0.6) is 0 Å². The third-order valence-corrected chi connectivity index (χ3v) is 12.0. The minimum absolute atomic E-state index is 0.228. The highest BCUT2D eigenvalue weighted by molar-refractivity contribution is 6.74. The summed E-state index contributed by atoms with van der Waals surface area (Å²) in [5.74, 6) is 0. The van der Waals surface area contributed by atoms with Crippen LogP contribution in [0.25, 0.3) is 0 Å². The normalized spacial score (nSPS) is 25.5. The molecule has 174 valence electrons.